The molecule has 0 atom stereocenters. The van der Waals surface area contributed by atoms with Gasteiger partial charge in [0.15, 0.2) is 0 Å². The molecule has 1 aliphatic heterocycles. The molecule has 0 saturated carbocycles. The van der Waals surface area contributed by atoms with Crippen molar-refractivity contribution in [3.05, 3.63) is 60.2 Å². The first-order chi connectivity index (χ1) is 14.5. The first-order valence-electron chi connectivity index (χ1n) is 10.2. The number of hydrogen-bond donors (Lipinski definition) is 1. The number of nitrogens with one attached hydrogen (secondary N) is 1. The molecule has 0 aliphatic carbocycles. The Hall–Kier alpha value is -2.64. The van der Waals surface area contributed by atoms with E-state index in [-0.39, 0.29) is 0 Å². The molecule has 30 heavy (non-hydrogen) atoms. The molecule has 3 aromatic rings. The number of aromatic nitrogens is 1. The van der Waals surface area contributed by atoms with Crippen molar-refractivity contribution in [2.24, 2.45) is 5.92 Å². The smallest absolute Gasteiger partial charge is 0.243 e. The molecule has 0 spiro atoms. The molecule has 1 N–H and O–H groups in total. The van der Waals surface area contributed by atoms with Crippen molar-refractivity contribution in [3.63, 3.8) is 0 Å². The fraction of sp³-hybridized carbons (Fsp3) is 0.348. The van der Waals surface area contributed by atoms with Gasteiger partial charge in [-0.25, -0.2) is 13.4 Å². The van der Waals surface area contributed by atoms with Crippen molar-refractivity contribution in [2.45, 2.75) is 31.2 Å². The van der Waals surface area contributed by atoms with E-state index in [9.17, 15) is 8.42 Å². The van der Waals surface area contributed by atoms with E-state index in [0.717, 1.165) is 40.9 Å². The molecule has 1 aromatic heterocycles. The molecule has 1 fully saturated rings. The number of hydrogen-bond acceptors (Lipinski definition) is 5. The van der Waals surface area contributed by atoms with Gasteiger partial charge in [-0.3, -0.25) is 0 Å². The van der Waals surface area contributed by atoms with E-state index < -0.39 is 10.0 Å². The summed E-state index contributed by atoms with van der Waals surface area (Å²) in [5.41, 5.74) is 1.89. The number of methoxy groups -OCH3 is 1. The van der Waals surface area contributed by atoms with Gasteiger partial charge in [0, 0.05) is 25.0 Å². The third-order valence-corrected chi connectivity index (χ3v) is 7.57. The summed E-state index contributed by atoms with van der Waals surface area (Å²) in [5, 5.41) is 4.13. The van der Waals surface area contributed by atoms with Gasteiger partial charge < -0.3 is 10.1 Å². The average molecular weight is 426 g/mol. The Bertz CT molecular complexity index is 1120. The predicted octanol–water partition coefficient (Wildman–Crippen LogP) is 4.28. The molecule has 6 nitrogen and oxygen atoms in total. The number of rotatable bonds is 6. The maximum Gasteiger partial charge on any atom is 0.243 e. The molecule has 4 rings (SSSR count). The summed E-state index contributed by atoms with van der Waals surface area (Å²) >= 11 is 0. The van der Waals surface area contributed by atoms with Gasteiger partial charge >= 0.3 is 0 Å². The highest BCUT2D eigenvalue weighted by molar-refractivity contribution is 7.89. The second kappa shape index (κ2) is 8.62. The van der Waals surface area contributed by atoms with Crippen LogP contribution < -0.4 is 10.1 Å². The van der Waals surface area contributed by atoms with E-state index in [4.69, 9.17) is 4.74 Å². The molecule has 7 heteroatoms. The fourth-order valence-corrected chi connectivity index (χ4v) is 5.18. The SMILES string of the molecule is COc1ccc(CNc2ccc3cc(S(=O)(=O)N4CCC(C)CC4)ccc3n2)cc1. The van der Waals surface area contributed by atoms with E-state index in [2.05, 4.69) is 17.2 Å². The molecule has 158 valence electrons. The minimum absolute atomic E-state index is 0.338. The van der Waals surface area contributed by atoms with Gasteiger partial charge in [-0.05, 0) is 66.8 Å². The summed E-state index contributed by atoms with van der Waals surface area (Å²) in [6, 6.07) is 16.8. The Morgan fingerprint density at radius 2 is 1.80 bits per heavy atom. The Morgan fingerprint density at radius 3 is 2.50 bits per heavy atom. The highest BCUT2D eigenvalue weighted by Crippen LogP contribution is 2.26. The van der Waals surface area contributed by atoms with Crippen LogP contribution in [0.1, 0.15) is 25.3 Å². The summed E-state index contributed by atoms with van der Waals surface area (Å²) in [6.45, 7) is 4.00. The van der Waals surface area contributed by atoms with Gasteiger partial charge in [0.05, 0.1) is 17.5 Å². The van der Waals surface area contributed by atoms with Crippen molar-refractivity contribution < 1.29 is 13.2 Å². The summed E-state index contributed by atoms with van der Waals surface area (Å²) in [6.07, 6.45) is 1.83. The van der Waals surface area contributed by atoms with Gasteiger partial charge in [-0.15, -0.1) is 0 Å². The fourth-order valence-electron chi connectivity index (χ4n) is 3.67. The molecule has 1 aliphatic rings. The maximum absolute atomic E-state index is 13.0. The van der Waals surface area contributed by atoms with Crippen LogP contribution in [0.4, 0.5) is 5.82 Å². The van der Waals surface area contributed by atoms with Crippen molar-refractivity contribution in [1.29, 1.82) is 0 Å². The zero-order valence-corrected chi connectivity index (χ0v) is 18.2. The van der Waals surface area contributed by atoms with Crippen molar-refractivity contribution in [3.8, 4) is 5.75 Å². The van der Waals surface area contributed by atoms with Crippen LogP contribution in [-0.2, 0) is 16.6 Å². The molecule has 2 heterocycles. The molecular formula is C23H27N3O3S. The monoisotopic (exact) mass is 425 g/mol. The highest BCUT2D eigenvalue weighted by atomic mass is 32.2. The average Bonchev–Trinajstić information content (AvgIpc) is 2.78. The molecule has 0 radical (unpaired) electrons. The number of anilines is 1. The number of piperidine rings is 1. The number of pyridine rings is 1. The number of nitrogens with zero attached hydrogens (tertiary/aromatic N) is 2. The number of ether oxygens (including phenoxy) is 1. The minimum Gasteiger partial charge on any atom is -0.497 e. The third-order valence-electron chi connectivity index (χ3n) is 5.67. The molecule has 1 saturated heterocycles. The molecule has 0 unspecified atom stereocenters. The lowest BCUT2D eigenvalue weighted by Gasteiger charge is -2.29. The van der Waals surface area contributed by atoms with Crippen LogP contribution >= 0.6 is 0 Å². The minimum atomic E-state index is -3.46. The van der Waals surface area contributed by atoms with Crippen LogP contribution in [-0.4, -0.2) is 37.9 Å². The summed E-state index contributed by atoms with van der Waals surface area (Å²) < 4.78 is 32.8. The van der Waals surface area contributed by atoms with E-state index in [0.29, 0.717) is 30.4 Å². The van der Waals surface area contributed by atoms with Gasteiger partial charge in [0.25, 0.3) is 0 Å². The Morgan fingerprint density at radius 1 is 1.07 bits per heavy atom. The predicted molar refractivity (Wildman–Crippen MR) is 119 cm³/mol. The molecule has 0 bridgehead atoms. The summed E-state index contributed by atoms with van der Waals surface area (Å²) in [4.78, 5) is 4.96. The van der Waals surface area contributed by atoms with Gasteiger partial charge in [-0.1, -0.05) is 19.1 Å². The topological polar surface area (TPSA) is 71.5 Å². The largest absolute Gasteiger partial charge is 0.497 e. The van der Waals surface area contributed by atoms with Crippen LogP contribution in [0.5, 0.6) is 5.75 Å². The lowest BCUT2D eigenvalue weighted by molar-refractivity contribution is 0.288. The maximum atomic E-state index is 13.0. The normalized spacial score (nSPS) is 15.9. The summed E-state index contributed by atoms with van der Waals surface area (Å²) in [7, 11) is -1.81. The second-order valence-electron chi connectivity index (χ2n) is 7.84. The molecule has 0 amide bonds. The van der Waals surface area contributed by atoms with Gasteiger partial charge in [0.1, 0.15) is 11.6 Å². The van der Waals surface area contributed by atoms with Gasteiger partial charge in [-0.2, -0.15) is 4.31 Å². The van der Waals surface area contributed by atoms with Crippen LogP contribution in [0.25, 0.3) is 10.9 Å². The van der Waals surface area contributed by atoms with E-state index in [1.54, 1.807) is 29.6 Å². The highest BCUT2D eigenvalue weighted by Gasteiger charge is 2.28. The summed E-state index contributed by atoms with van der Waals surface area (Å²) in [5.74, 6) is 2.16. The molecule has 2 aromatic carbocycles. The lowest BCUT2D eigenvalue weighted by Crippen LogP contribution is -2.37. The zero-order chi connectivity index (χ0) is 21.1. The number of benzene rings is 2. The van der Waals surface area contributed by atoms with Crippen LogP contribution in [0.3, 0.4) is 0 Å². The van der Waals surface area contributed by atoms with Crippen molar-refractivity contribution in [2.75, 3.05) is 25.5 Å². The van der Waals surface area contributed by atoms with Crippen LogP contribution in [0, 0.1) is 5.92 Å². The third kappa shape index (κ3) is 4.42. The Balaban J connectivity index is 1.49. The first kappa shape index (κ1) is 20.6. The first-order valence-corrected chi connectivity index (χ1v) is 11.7. The van der Waals surface area contributed by atoms with E-state index in [1.165, 1.54) is 0 Å². The lowest BCUT2D eigenvalue weighted by atomic mass is 10.0. The van der Waals surface area contributed by atoms with Crippen molar-refractivity contribution in [1.82, 2.24) is 9.29 Å². The number of fused-ring (bicyclic) bond motifs is 1. The standard InChI is InChI=1S/C23H27N3O3S/c1-17-11-13-26(14-12-17)30(27,28)21-8-9-22-19(15-21)5-10-23(25-22)24-16-18-3-6-20(29-2)7-4-18/h3-10,15,17H,11-14,16H2,1-2H3,(H,24,25). The second-order valence-corrected chi connectivity index (χ2v) is 9.78. The number of sulfonamides is 1. The van der Waals surface area contributed by atoms with Gasteiger partial charge in [0.2, 0.25) is 10.0 Å². The van der Waals surface area contributed by atoms with Crippen LogP contribution in [0.15, 0.2) is 59.5 Å². The van der Waals surface area contributed by atoms with Crippen LogP contribution in [0.2, 0.25) is 0 Å². The van der Waals surface area contributed by atoms with E-state index >= 15 is 0 Å². The van der Waals surface area contributed by atoms with Crippen molar-refractivity contribution >= 4 is 26.7 Å². The zero-order valence-electron chi connectivity index (χ0n) is 17.3. The Labute approximate surface area is 177 Å². The molecular weight excluding hydrogens is 398 g/mol. The van der Waals surface area contributed by atoms with E-state index in [1.807, 2.05) is 36.4 Å². The quantitative estimate of drug-likeness (QED) is 0.638. The Kier molecular flexibility index (Phi) is 5.92.